The number of aromatic nitrogens is 4. The first kappa shape index (κ1) is 7.53. The first-order valence-corrected chi connectivity index (χ1v) is 3.69. The topological polar surface area (TPSA) is 92.5 Å². The number of nitrogens with two attached hydrogens (primary N) is 1. The van der Waals surface area contributed by atoms with Crippen molar-refractivity contribution in [3.05, 3.63) is 24.5 Å². The molecule has 2 aromatic rings. The fourth-order valence-corrected chi connectivity index (χ4v) is 0.896. The first-order chi connectivity index (χ1) is 6.34. The van der Waals surface area contributed by atoms with Crippen molar-refractivity contribution in [1.82, 2.24) is 20.2 Å². The van der Waals surface area contributed by atoms with Crippen LogP contribution < -0.4 is 11.1 Å². The quantitative estimate of drug-likeness (QED) is 0.620. The van der Waals surface area contributed by atoms with Gasteiger partial charge in [0.1, 0.15) is 0 Å². The van der Waals surface area contributed by atoms with E-state index in [2.05, 4.69) is 25.5 Å². The maximum Gasteiger partial charge on any atom is 0.248 e. The molecule has 4 N–H and O–H groups in total. The van der Waals surface area contributed by atoms with E-state index in [4.69, 9.17) is 5.73 Å². The monoisotopic (exact) mass is 176 g/mol. The van der Waals surface area contributed by atoms with Gasteiger partial charge in [-0.2, -0.15) is 4.98 Å². The van der Waals surface area contributed by atoms with E-state index in [0.29, 0.717) is 5.95 Å². The zero-order chi connectivity index (χ0) is 9.10. The number of pyridine rings is 1. The predicted molar refractivity (Wildman–Crippen MR) is 48.3 cm³/mol. The zero-order valence-electron chi connectivity index (χ0n) is 6.73. The molecule has 0 aromatic carbocycles. The summed E-state index contributed by atoms with van der Waals surface area (Å²) in [6.07, 6.45) is 3.37. The summed E-state index contributed by atoms with van der Waals surface area (Å²) in [4.78, 5) is 7.81. The number of nitrogen functional groups attached to an aromatic ring is 1. The molecule has 0 aliphatic heterocycles. The van der Waals surface area contributed by atoms with Crippen LogP contribution in [0.3, 0.4) is 0 Å². The Balaban J connectivity index is 2.15. The third-order valence-corrected chi connectivity index (χ3v) is 1.42. The van der Waals surface area contributed by atoms with E-state index in [0.717, 1.165) is 5.69 Å². The summed E-state index contributed by atoms with van der Waals surface area (Å²) in [7, 11) is 0. The Morgan fingerprint density at radius 1 is 1.46 bits per heavy atom. The molecule has 0 spiro atoms. The Hall–Kier alpha value is -2.11. The number of H-pyrrole nitrogens is 1. The standard InChI is InChI=1S/C7H8N6/c8-6-11-7(13-12-6)10-5-2-1-3-9-4-5/h1-4H,(H4,8,10,11,12,13). The third kappa shape index (κ3) is 1.73. The van der Waals surface area contributed by atoms with Crippen LogP contribution in [0.4, 0.5) is 17.6 Å². The molecule has 13 heavy (non-hydrogen) atoms. The van der Waals surface area contributed by atoms with Gasteiger partial charge in [0, 0.05) is 6.20 Å². The van der Waals surface area contributed by atoms with Crippen LogP contribution in [0, 0.1) is 0 Å². The van der Waals surface area contributed by atoms with Crippen LogP contribution in [0.1, 0.15) is 0 Å². The Labute approximate surface area is 74.2 Å². The van der Waals surface area contributed by atoms with Crippen molar-refractivity contribution in [3.63, 3.8) is 0 Å². The summed E-state index contributed by atoms with van der Waals surface area (Å²) >= 11 is 0. The highest BCUT2D eigenvalue weighted by Crippen LogP contribution is 2.09. The van der Waals surface area contributed by atoms with Gasteiger partial charge in [0.2, 0.25) is 11.9 Å². The summed E-state index contributed by atoms with van der Waals surface area (Å²) in [6.45, 7) is 0. The summed E-state index contributed by atoms with van der Waals surface area (Å²) in [5.41, 5.74) is 6.17. The number of hydrogen-bond acceptors (Lipinski definition) is 5. The second-order valence-corrected chi connectivity index (χ2v) is 2.41. The number of rotatable bonds is 2. The average molecular weight is 176 g/mol. The molecule has 0 aliphatic rings. The van der Waals surface area contributed by atoms with Crippen LogP contribution in [-0.4, -0.2) is 20.2 Å². The normalized spacial score (nSPS) is 9.85. The summed E-state index contributed by atoms with van der Waals surface area (Å²) in [5, 5.41) is 9.26. The highest BCUT2D eigenvalue weighted by atomic mass is 15.3. The van der Waals surface area contributed by atoms with Crippen LogP contribution in [-0.2, 0) is 0 Å². The fourth-order valence-electron chi connectivity index (χ4n) is 0.896. The lowest BCUT2D eigenvalue weighted by Crippen LogP contribution is -1.92. The summed E-state index contributed by atoms with van der Waals surface area (Å²) in [5.74, 6) is 0.719. The second kappa shape index (κ2) is 3.10. The van der Waals surface area contributed by atoms with Gasteiger partial charge in [-0.05, 0) is 12.1 Å². The molecule has 0 saturated heterocycles. The van der Waals surface area contributed by atoms with Crippen molar-refractivity contribution < 1.29 is 0 Å². The van der Waals surface area contributed by atoms with Crippen LogP contribution in [0.5, 0.6) is 0 Å². The van der Waals surface area contributed by atoms with E-state index in [-0.39, 0.29) is 5.95 Å². The van der Waals surface area contributed by atoms with E-state index in [1.54, 1.807) is 12.4 Å². The third-order valence-electron chi connectivity index (χ3n) is 1.42. The van der Waals surface area contributed by atoms with Gasteiger partial charge >= 0.3 is 0 Å². The predicted octanol–water partition coefficient (Wildman–Crippen LogP) is 0.525. The van der Waals surface area contributed by atoms with Gasteiger partial charge in [0.25, 0.3) is 0 Å². The molecule has 2 aromatic heterocycles. The minimum Gasteiger partial charge on any atom is -0.368 e. The Morgan fingerprint density at radius 2 is 2.38 bits per heavy atom. The molecule has 6 nitrogen and oxygen atoms in total. The van der Waals surface area contributed by atoms with Crippen LogP contribution in [0.2, 0.25) is 0 Å². The van der Waals surface area contributed by atoms with E-state index >= 15 is 0 Å². The highest BCUT2D eigenvalue weighted by Gasteiger charge is 1.98. The molecule has 0 radical (unpaired) electrons. The van der Waals surface area contributed by atoms with Crippen molar-refractivity contribution in [1.29, 1.82) is 0 Å². The lowest BCUT2D eigenvalue weighted by molar-refractivity contribution is 1.10. The minimum atomic E-state index is 0.284. The number of hydrogen-bond donors (Lipinski definition) is 3. The number of anilines is 3. The number of nitrogens with one attached hydrogen (secondary N) is 2. The smallest absolute Gasteiger partial charge is 0.248 e. The number of aromatic amines is 1. The fraction of sp³-hybridized carbons (Fsp3) is 0. The van der Waals surface area contributed by atoms with Gasteiger partial charge in [-0.3, -0.25) is 4.98 Å². The first-order valence-electron chi connectivity index (χ1n) is 3.69. The van der Waals surface area contributed by atoms with Crippen LogP contribution in [0.15, 0.2) is 24.5 Å². The zero-order valence-corrected chi connectivity index (χ0v) is 6.73. The summed E-state index contributed by atoms with van der Waals surface area (Å²) < 4.78 is 0. The van der Waals surface area contributed by atoms with Crippen molar-refractivity contribution in [2.24, 2.45) is 0 Å². The van der Waals surface area contributed by atoms with Gasteiger partial charge in [0.15, 0.2) is 0 Å². The molecular formula is C7H8N6. The van der Waals surface area contributed by atoms with Crippen molar-refractivity contribution in [3.8, 4) is 0 Å². The molecule has 0 saturated carbocycles. The Bertz CT molecular complexity index is 381. The molecule has 0 fully saturated rings. The average Bonchev–Trinajstić information content (AvgIpc) is 2.53. The van der Waals surface area contributed by atoms with Crippen LogP contribution >= 0.6 is 0 Å². The maximum absolute atomic E-state index is 5.35. The van der Waals surface area contributed by atoms with E-state index < -0.39 is 0 Å². The van der Waals surface area contributed by atoms with E-state index in [1.807, 2.05) is 12.1 Å². The van der Waals surface area contributed by atoms with Crippen LogP contribution in [0.25, 0.3) is 0 Å². The molecule has 0 atom stereocenters. The lowest BCUT2D eigenvalue weighted by Gasteiger charge is -1.97. The molecule has 2 heterocycles. The molecular weight excluding hydrogens is 168 g/mol. The van der Waals surface area contributed by atoms with Gasteiger partial charge < -0.3 is 11.1 Å². The SMILES string of the molecule is Nc1nc(Nc2cccnc2)n[nH]1. The molecule has 6 heteroatoms. The van der Waals surface area contributed by atoms with Gasteiger partial charge in [-0.15, -0.1) is 5.10 Å². The molecule has 0 aliphatic carbocycles. The van der Waals surface area contributed by atoms with Crippen molar-refractivity contribution in [2.45, 2.75) is 0 Å². The second-order valence-electron chi connectivity index (χ2n) is 2.41. The Morgan fingerprint density at radius 3 is 3.00 bits per heavy atom. The van der Waals surface area contributed by atoms with Gasteiger partial charge in [-0.1, -0.05) is 0 Å². The molecule has 0 unspecified atom stereocenters. The number of nitrogens with zero attached hydrogens (tertiary/aromatic N) is 3. The maximum atomic E-state index is 5.35. The molecule has 0 bridgehead atoms. The van der Waals surface area contributed by atoms with Crippen molar-refractivity contribution >= 4 is 17.6 Å². The Kier molecular flexibility index (Phi) is 1.79. The summed E-state index contributed by atoms with van der Waals surface area (Å²) in [6, 6.07) is 3.68. The van der Waals surface area contributed by atoms with Crippen molar-refractivity contribution in [2.75, 3.05) is 11.1 Å². The molecule has 2 rings (SSSR count). The molecule has 66 valence electrons. The molecule has 0 amide bonds. The van der Waals surface area contributed by atoms with Gasteiger partial charge in [0.05, 0.1) is 11.9 Å². The highest BCUT2D eigenvalue weighted by molar-refractivity contribution is 5.51. The lowest BCUT2D eigenvalue weighted by atomic mass is 10.4. The van der Waals surface area contributed by atoms with Gasteiger partial charge in [-0.25, -0.2) is 5.10 Å². The van der Waals surface area contributed by atoms with E-state index in [9.17, 15) is 0 Å². The minimum absolute atomic E-state index is 0.284. The largest absolute Gasteiger partial charge is 0.368 e. The van der Waals surface area contributed by atoms with E-state index in [1.165, 1.54) is 0 Å².